The van der Waals surface area contributed by atoms with Gasteiger partial charge in [0, 0.05) is 31.0 Å². The van der Waals surface area contributed by atoms with Crippen LogP contribution < -0.4 is 15.4 Å². The Kier molecular flexibility index (Phi) is 6.57. The van der Waals surface area contributed by atoms with Crippen LogP contribution in [0.25, 0.3) is 0 Å². The van der Waals surface area contributed by atoms with E-state index in [1.807, 2.05) is 24.3 Å². The molecular formula is C22H22FN3O2. The van der Waals surface area contributed by atoms with Crippen molar-refractivity contribution in [2.24, 2.45) is 0 Å². The van der Waals surface area contributed by atoms with Crippen LogP contribution >= 0.6 is 0 Å². The van der Waals surface area contributed by atoms with Crippen LogP contribution in [0, 0.1) is 5.82 Å². The maximum atomic E-state index is 13.7. The quantitative estimate of drug-likeness (QED) is 0.625. The minimum Gasteiger partial charge on any atom is -0.497 e. The van der Waals surface area contributed by atoms with Gasteiger partial charge in [0.25, 0.3) is 5.91 Å². The zero-order chi connectivity index (χ0) is 19.8. The molecule has 0 aliphatic rings. The summed E-state index contributed by atoms with van der Waals surface area (Å²) in [6.45, 7) is 0.814. The number of nitrogens with one attached hydrogen (secondary N) is 2. The lowest BCUT2D eigenvalue weighted by Crippen LogP contribution is -2.23. The first-order valence-electron chi connectivity index (χ1n) is 8.99. The number of amides is 1. The third kappa shape index (κ3) is 5.30. The van der Waals surface area contributed by atoms with E-state index >= 15 is 0 Å². The molecule has 0 saturated heterocycles. The zero-order valence-electron chi connectivity index (χ0n) is 15.6. The minimum atomic E-state index is -0.339. The summed E-state index contributed by atoms with van der Waals surface area (Å²) in [5, 5.41) is 5.98. The number of hydrogen-bond donors (Lipinski definition) is 2. The second-order valence-corrected chi connectivity index (χ2v) is 6.26. The Hall–Kier alpha value is -3.41. The van der Waals surface area contributed by atoms with E-state index in [0.29, 0.717) is 17.7 Å². The molecule has 144 valence electrons. The van der Waals surface area contributed by atoms with Crippen molar-refractivity contribution in [3.63, 3.8) is 0 Å². The molecule has 0 unspecified atom stereocenters. The topological polar surface area (TPSA) is 63.2 Å². The molecule has 28 heavy (non-hydrogen) atoms. The highest BCUT2D eigenvalue weighted by Crippen LogP contribution is 2.14. The van der Waals surface area contributed by atoms with E-state index in [9.17, 15) is 9.18 Å². The third-order valence-electron chi connectivity index (χ3n) is 4.27. The van der Waals surface area contributed by atoms with Gasteiger partial charge >= 0.3 is 0 Å². The number of aromatic nitrogens is 1. The van der Waals surface area contributed by atoms with Crippen LogP contribution in [0.5, 0.6) is 5.75 Å². The van der Waals surface area contributed by atoms with E-state index in [4.69, 9.17) is 4.74 Å². The molecular weight excluding hydrogens is 357 g/mol. The largest absolute Gasteiger partial charge is 0.497 e. The maximum Gasteiger partial charge on any atom is 0.253 e. The molecule has 0 aliphatic carbocycles. The van der Waals surface area contributed by atoms with Crippen LogP contribution in [0.4, 0.5) is 10.1 Å². The lowest BCUT2D eigenvalue weighted by Gasteiger charge is -2.10. The second kappa shape index (κ2) is 9.50. The first kappa shape index (κ1) is 19.4. The monoisotopic (exact) mass is 379 g/mol. The van der Waals surface area contributed by atoms with E-state index < -0.39 is 0 Å². The molecule has 1 amide bonds. The van der Waals surface area contributed by atoms with Gasteiger partial charge in [-0.15, -0.1) is 0 Å². The third-order valence-corrected chi connectivity index (χ3v) is 4.27. The van der Waals surface area contributed by atoms with E-state index in [0.717, 1.165) is 23.4 Å². The standard InChI is InChI=1S/C22H22FN3O2/c1-28-20-7-4-5-16(11-20)9-10-25-19-12-18(13-24-15-19)22(27)26-14-17-6-2-3-8-21(17)23/h2-8,11-13,15,25H,9-10,14H2,1H3,(H,26,27). The van der Waals surface area contributed by atoms with Crippen molar-refractivity contribution in [3.8, 4) is 5.75 Å². The molecule has 6 heteroatoms. The van der Waals surface area contributed by atoms with Crippen molar-refractivity contribution in [2.75, 3.05) is 19.0 Å². The smallest absolute Gasteiger partial charge is 0.253 e. The number of nitrogens with zero attached hydrogens (tertiary/aromatic N) is 1. The molecule has 0 radical (unpaired) electrons. The summed E-state index contributed by atoms with van der Waals surface area (Å²) in [6, 6.07) is 16.0. The van der Waals surface area contributed by atoms with Gasteiger partial charge in [0.1, 0.15) is 11.6 Å². The summed E-state index contributed by atoms with van der Waals surface area (Å²) < 4.78 is 18.9. The zero-order valence-corrected chi connectivity index (χ0v) is 15.6. The molecule has 3 aromatic rings. The molecule has 0 spiro atoms. The Bertz CT molecular complexity index is 946. The van der Waals surface area contributed by atoms with Crippen molar-refractivity contribution < 1.29 is 13.9 Å². The van der Waals surface area contributed by atoms with Gasteiger partial charge in [-0.2, -0.15) is 0 Å². The Morgan fingerprint density at radius 3 is 2.79 bits per heavy atom. The molecule has 0 saturated carbocycles. The molecule has 0 bridgehead atoms. The van der Waals surface area contributed by atoms with Gasteiger partial charge in [0.15, 0.2) is 0 Å². The molecule has 0 aliphatic heterocycles. The average Bonchev–Trinajstić information content (AvgIpc) is 2.73. The van der Waals surface area contributed by atoms with Crippen molar-refractivity contribution >= 4 is 11.6 Å². The molecule has 2 N–H and O–H groups in total. The average molecular weight is 379 g/mol. The highest BCUT2D eigenvalue weighted by Gasteiger charge is 2.08. The lowest BCUT2D eigenvalue weighted by atomic mass is 10.1. The minimum absolute atomic E-state index is 0.124. The van der Waals surface area contributed by atoms with E-state index in [-0.39, 0.29) is 18.3 Å². The predicted octanol–water partition coefficient (Wildman–Crippen LogP) is 3.81. The lowest BCUT2D eigenvalue weighted by molar-refractivity contribution is 0.0950. The van der Waals surface area contributed by atoms with Gasteiger partial charge in [-0.3, -0.25) is 9.78 Å². The predicted molar refractivity (Wildman–Crippen MR) is 107 cm³/mol. The van der Waals surface area contributed by atoms with Gasteiger partial charge in [0.05, 0.1) is 18.4 Å². The van der Waals surface area contributed by atoms with Gasteiger partial charge in [-0.25, -0.2) is 4.39 Å². The number of carbonyl (C=O) groups is 1. The molecule has 2 aromatic carbocycles. The van der Waals surface area contributed by atoms with E-state index in [1.54, 1.807) is 37.6 Å². The maximum absolute atomic E-state index is 13.7. The van der Waals surface area contributed by atoms with E-state index in [2.05, 4.69) is 15.6 Å². The second-order valence-electron chi connectivity index (χ2n) is 6.26. The van der Waals surface area contributed by atoms with Crippen LogP contribution in [0.15, 0.2) is 67.0 Å². The number of benzene rings is 2. The summed E-state index contributed by atoms with van der Waals surface area (Å²) in [4.78, 5) is 16.4. The Morgan fingerprint density at radius 2 is 1.96 bits per heavy atom. The Labute approximate surface area is 163 Å². The number of pyridine rings is 1. The number of rotatable bonds is 8. The number of halogens is 1. The first-order chi connectivity index (χ1) is 13.7. The molecule has 3 rings (SSSR count). The van der Waals surface area contributed by atoms with Crippen LogP contribution in [-0.4, -0.2) is 24.5 Å². The molecule has 1 heterocycles. The van der Waals surface area contributed by atoms with Crippen molar-refractivity contribution in [1.82, 2.24) is 10.3 Å². The number of ether oxygens (including phenoxy) is 1. The highest BCUT2D eigenvalue weighted by atomic mass is 19.1. The summed E-state index contributed by atoms with van der Waals surface area (Å²) in [5.41, 5.74) is 2.76. The van der Waals surface area contributed by atoms with Crippen molar-refractivity contribution in [1.29, 1.82) is 0 Å². The Morgan fingerprint density at radius 1 is 1.11 bits per heavy atom. The molecule has 0 fully saturated rings. The number of carbonyl (C=O) groups excluding carboxylic acids is 1. The number of anilines is 1. The normalized spacial score (nSPS) is 10.4. The fourth-order valence-electron chi connectivity index (χ4n) is 2.76. The summed E-state index contributed by atoms with van der Waals surface area (Å²) in [5.74, 6) is 0.189. The van der Waals surface area contributed by atoms with Crippen LogP contribution in [0.1, 0.15) is 21.5 Å². The van der Waals surface area contributed by atoms with Gasteiger partial charge < -0.3 is 15.4 Å². The van der Waals surface area contributed by atoms with E-state index in [1.165, 1.54) is 12.3 Å². The SMILES string of the molecule is COc1cccc(CCNc2cncc(C(=O)NCc3ccccc3F)c2)c1. The fourth-order valence-corrected chi connectivity index (χ4v) is 2.76. The molecule has 5 nitrogen and oxygen atoms in total. The van der Waals surface area contributed by atoms with Gasteiger partial charge in [-0.05, 0) is 36.2 Å². The van der Waals surface area contributed by atoms with Crippen LogP contribution in [0.3, 0.4) is 0 Å². The van der Waals surface area contributed by atoms with Gasteiger partial charge in [-0.1, -0.05) is 30.3 Å². The summed E-state index contributed by atoms with van der Waals surface area (Å²) in [7, 11) is 1.64. The Balaban J connectivity index is 1.54. The highest BCUT2D eigenvalue weighted by molar-refractivity contribution is 5.94. The van der Waals surface area contributed by atoms with Crippen LogP contribution in [-0.2, 0) is 13.0 Å². The summed E-state index contributed by atoms with van der Waals surface area (Å²) in [6.07, 6.45) is 3.96. The summed E-state index contributed by atoms with van der Waals surface area (Å²) >= 11 is 0. The molecule has 1 aromatic heterocycles. The van der Waals surface area contributed by atoms with Gasteiger partial charge in [0.2, 0.25) is 0 Å². The first-order valence-corrected chi connectivity index (χ1v) is 8.99. The van der Waals surface area contributed by atoms with Crippen molar-refractivity contribution in [2.45, 2.75) is 13.0 Å². The fraction of sp³-hybridized carbons (Fsp3) is 0.182. The number of hydrogen-bond acceptors (Lipinski definition) is 4. The van der Waals surface area contributed by atoms with Crippen LogP contribution in [0.2, 0.25) is 0 Å². The molecule has 0 atom stereocenters. The van der Waals surface area contributed by atoms with Crippen molar-refractivity contribution in [3.05, 3.63) is 89.5 Å². The number of methoxy groups -OCH3 is 1.